The Kier molecular flexibility index (Phi) is 5.33. The van der Waals surface area contributed by atoms with Gasteiger partial charge in [-0.15, -0.1) is 0 Å². The van der Waals surface area contributed by atoms with Crippen LogP contribution < -0.4 is 10.5 Å². The van der Waals surface area contributed by atoms with E-state index in [0.29, 0.717) is 0 Å². The number of aliphatic hydroxyl groups is 2. The van der Waals surface area contributed by atoms with E-state index in [1.165, 1.54) is 0 Å². The van der Waals surface area contributed by atoms with Gasteiger partial charge in [0, 0.05) is 5.69 Å². The summed E-state index contributed by atoms with van der Waals surface area (Å²) in [6.07, 6.45) is 0.108. The summed E-state index contributed by atoms with van der Waals surface area (Å²) in [4.78, 5) is -0.734. The molecule has 0 saturated carbocycles. The molecule has 0 aliphatic rings. The van der Waals surface area contributed by atoms with Crippen LogP contribution >= 0.6 is 11.6 Å². The van der Waals surface area contributed by atoms with E-state index in [-0.39, 0.29) is 12.1 Å². The molecule has 0 aromatic heterocycles. The van der Waals surface area contributed by atoms with Crippen LogP contribution in [0.3, 0.4) is 0 Å². The predicted octanol–water partition coefficient (Wildman–Crippen LogP) is 0.473. The van der Waals surface area contributed by atoms with Gasteiger partial charge in [0.1, 0.15) is 4.90 Å². The average Bonchev–Trinajstić information content (AvgIpc) is 2.40. The molecular weight excluding hydrogens is 311 g/mol. The molecule has 0 unspecified atom stereocenters. The molecule has 0 saturated heterocycles. The van der Waals surface area contributed by atoms with Gasteiger partial charge in [-0.3, -0.25) is 0 Å². The zero-order valence-corrected chi connectivity index (χ0v) is 12.3. The summed E-state index contributed by atoms with van der Waals surface area (Å²) in [7, 11) is -4.34. The third-order valence-corrected chi connectivity index (χ3v) is 4.79. The van der Waals surface area contributed by atoms with Gasteiger partial charge in [-0.1, -0.05) is 18.5 Å². The fourth-order valence-corrected chi connectivity index (χ4v) is 3.40. The maximum absolute atomic E-state index is 13.8. The molecule has 0 spiro atoms. The van der Waals surface area contributed by atoms with Crippen molar-refractivity contribution in [1.29, 1.82) is 0 Å². The lowest BCUT2D eigenvalue weighted by molar-refractivity contribution is 0.105. The predicted molar refractivity (Wildman–Crippen MR) is 73.3 cm³/mol. The first-order chi connectivity index (χ1) is 9.21. The van der Waals surface area contributed by atoms with Crippen molar-refractivity contribution in [3.8, 4) is 0 Å². The highest BCUT2D eigenvalue weighted by molar-refractivity contribution is 7.89. The topological polar surface area (TPSA) is 113 Å². The molecule has 0 radical (unpaired) electrons. The summed E-state index contributed by atoms with van der Waals surface area (Å²) >= 11 is 5.55. The summed E-state index contributed by atoms with van der Waals surface area (Å²) in [5, 5.41) is 18.0. The Labute approximate surface area is 121 Å². The molecule has 0 amide bonds. The van der Waals surface area contributed by atoms with Crippen LogP contribution in [-0.4, -0.2) is 37.4 Å². The van der Waals surface area contributed by atoms with Gasteiger partial charge in [0.15, 0.2) is 5.82 Å². The number of hydrogen-bond donors (Lipinski definition) is 4. The molecule has 0 bridgehead atoms. The monoisotopic (exact) mass is 326 g/mol. The Morgan fingerprint density at radius 2 is 1.95 bits per heavy atom. The van der Waals surface area contributed by atoms with Crippen molar-refractivity contribution in [1.82, 2.24) is 4.72 Å². The molecule has 20 heavy (non-hydrogen) atoms. The van der Waals surface area contributed by atoms with Gasteiger partial charge in [-0.05, 0) is 18.6 Å². The Balaban J connectivity index is 3.31. The first kappa shape index (κ1) is 17.1. The van der Waals surface area contributed by atoms with Crippen molar-refractivity contribution in [2.75, 3.05) is 18.9 Å². The van der Waals surface area contributed by atoms with Gasteiger partial charge in [0.2, 0.25) is 10.0 Å². The van der Waals surface area contributed by atoms with Crippen molar-refractivity contribution in [2.45, 2.75) is 23.8 Å². The summed E-state index contributed by atoms with van der Waals surface area (Å²) in [5.74, 6) is -1.14. The van der Waals surface area contributed by atoms with Gasteiger partial charge in [-0.2, -0.15) is 0 Å². The zero-order valence-electron chi connectivity index (χ0n) is 10.7. The second-order valence-electron chi connectivity index (χ2n) is 4.37. The van der Waals surface area contributed by atoms with Crippen molar-refractivity contribution >= 4 is 27.3 Å². The van der Waals surface area contributed by atoms with Crippen molar-refractivity contribution in [3.05, 3.63) is 23.0 Å². The highest BCUT2D eigenvalue weighted by Crippen LogP contribution is 2.26. The lowest BCUT2D eigenvalue weighted by Gasteiger charge is -2.29. The van der Waals surface area contributed by atoms with Crippen molar-refractivity contribution < 1.29 is 23.0 Å². The maximum Gasteiger partial charge on any atom is 0.244 e. The van der Waals surface area contributed by atoms with Gasteiger partial charge in [0.25, 0.3) is 0 Å². The van der Waals surface area contributed by atoms with E-state index in [9.17, 15) is 23.0 Å². The molecule has 0 fully saturated rings. The molecule has 1 rings (SSSR count). The lowest BCUT2D eigenvalue weighted by Crippen LogP contribution is -2.53. The standard InChI is InChI=1S/C11H16ClFN2O4S/c1-2-11(5-16,6-17)15-20(18,19)9-4-7(14)3-8(12)10(9)13/h3-4,15-17H,2,5-6,14H2,1H3. The Morgan fingerprint density at radius 3 is 2.40 bits per heavy atom. The number of aliphatic hydroxyl groups excluding tert-OH is 2. The molecule has 114 valence electrons. The molecule has 0 atom stereocenters. The molecule has 1 aromatic carbocycles. The third kappa shape index (κ3) is 3.39. The third-order valence-electron chi connectivity index (χ3n) is 2.94. The van der Waals surface area contributed by atoms with E-state index in [1.54, 1.807) is 6.92 Å². The summed E-state index contributed by atoms with van der Waals surface area (Å²) < 4.78 is 40.2. The molecule has 0 aliphatic carbocycles. The molecule has 0 heterocycles. The van der Waals surface area contributed by atoms with Crippen LogP contribution in [0.1, 0.15) is 13.3 Å². The molecular formula is C11H16ClFN2O4S. The minimum absolute atomic E-state index is 0.0214. The van der Waals surface area contributed by atoms with Crippen LogP contribution in [-0.2, 0) is 10.0 Å². The van der Waals surface area contributed by atoms with E-state index >= 15 is 0 Å². The van der Waals surface area contributed by atoms with Gasteiger partial charge in [0.05, 0.1) is 23.8 Å². The smallest absolute Gasteiger partial charge is 0.244 e. The average molecular weight is 327 g/mol. The molecule has 0 aliphatic heterocycles. The van der Waals surface area contributed by atoms with E-state index in [2.05, 4.69) is 4.72 Å². The summed E-state index contributed by atoms with van der Waals surface area (Å²) in [6, 6.07) is 2.00. The first-order valence-corrected chi connectivity index (χ1v) is 7.57. The summed E-state index contributed by atoms with van der Waals surface area (Å²) in [6.45, 7) is 0.283. The number of sulfonamides is 1. The Morgan fingerprint density at radius 1 is 1.40 bits per heavy atom. The maximum atomic E-state index is 13.8. The molecule has 6 nitrogen and oxygen atoms in total. The number of nitrogens with two attached hydrogens (primary N) is 1. The number of rotatable bonds is 6. The Bertz CT molecular complexity index is 582. The molecule has 1 aromatic rings. The van der Waals surface area contributed by atoms with Crippen LogP contribution in [0.15, 0.2) is 17.0 Å². The summed E-state index contributed by atoms with van der Waals surface area (Å²) in [5.41, 5.74) is 3.94. The zero-order chi connectivity index (χ0) is 15.6. The van der Waals surface area contributed by atoms with Crippen LogP contribution in [0.5, 0.6) is 0 Å². The van der Waals surface area contributed by atoms with E-state index in [0.717, 1.165) is 12.1 Å². The second-order valence-corrected chi connectivity index (χ2v) is 6.43. The van der Waals surface area contributed by atoms with Crippen LogP contribution in [0.25, 0.3) is 0 Å². The highest BCUT2D eigenvalue weighted by atomic mass is 35.5. The van der Waals surface area contributed by atoms with Crippen LogP contribution in [0.4, 0.5) is 10.1 Å². The van der Waals surface area contributed by atoms with Crippen molar-refractivity contribution in [2.24, 2.45) is 0 Å². The fraction of sp³-hybridized carbons (Fsp3) is 0.455. The van der Waals surface area contributed by atoms with E-state index in [1.807, 2.05) is 0 Å². The van der Waals surface area contributed by atoms with Crippen molar-refractivity contribution in [3.63, 3.8) is 0 Å². The largest absolute Gasteiger partial charge is 0.399 e. The number of halogens is 2. The molecule has 5 N–H and O–H groups in total. The van der Waals surface area contributed by atoms with Crippen LogP contribution in [0.2, 0.25) is 5.02 Å². The highest BCUT2D eigenvalue weighted by Gasteiger charge is 2.34. The van der Waals surface area contributed by atoms with Gasteiger partial charge >= 0.3 is 0 Å². The second kappa shape index (κ2) is 6.23. The number of nitrogen functional groups attached to an aromatic ring is 1. The van der Waals surface area contributed by atoms with Crippen LogP contribution in [0, 0.1) is 5.82 Å². The van der Waals surface area contributed by atoms with E-state index < -0.39 is 44.5 Å². The quantitative estimate of drug-likeness (QED) is 0.568. The number of anilines is 1. The Hall–Kier alpha value is -0.930. The fourth-order valence-electron chi connectivity index (χ4n) is 1.53. The minimum Gasteiger partial charge on any atom is -0.399 e. The lowest BCUT2D eigenvalue weighted by atomic mass is 10.0. The SMILES string of the molecule is CCC(CO)(CO)NS(=O)(=O)c1cc(N)cc(Cl)c1F. The number of hydrogen-bond acceptors (Lipinski definition) is 5. The minimum atomic E-state index is -4.34. The number of benzene rings is 1. The van der Waals surface area contributed by atoms with Gasteiger partial charge in [-0.25, -0.2) is 17.5 Å². The van der Waals surface area contributed by atoms with E-state index in [4.69, 9.17) is 17.3 Å². The first-order valence-electron chi connectivity index (χ1n) is 5.71. The number of nitrogens with one attached hydrogen (secondary N) is 1. The normalized spacial score (nSPS) is 12.7. The van der Waals surface area contributed by atoms with Gasteiger partial charge < -0.3 is 15.9 Å². The molecule has 9 heteroatoms.